The van der Waals surface area contributed by atoms with E-state index in [1.807, 2.05) is 0 Å². The Labute approximate surface area is 69.7 Å². The van der Waals surface area contributed by atoms with Gasteiger partial charge in [0.15, 0.2) is 0 Å². The standard InChI is InChI=1S/C11H18/c1-9-6-7-10-4-2-3-5-11(10)8-9/h3,5,9-11H,2,4,6-8H2,1H3/t9-,10?,11?/m0/s1. The van der Waals surface area contributed by atoms with Crippen LogP contribution in [0.15, 0.2) is 12.2 Å². The quantitative estimate of drug-likeness (QED) is 0.464. The van der Waals surface area contributed by atoms with Crippen molar-refractivity contribution in [2.75, 3.05) is 0 Å². The molecule has 2 aliphatic carbocycles. The molecule has 0 heterocycles. The summed E-state index contributed by atoms with van der Waals surface area (Å²) in [5.74, 6) is 2.99. The van der Waals surface area contributed by atoms with E-state index in [9.17, 15) is 0 Å². The zero-order chi connectivity index (χ0) is 7.68. The molecule has 0 aromatic rings. The number of hydrogen-bond acceptors (Lipinski definition) is 0. The number of rotatable bonds is 0. The molecule has 0 aromatic heterocycles. The molecule has 0 amide bonds. The second-order valence-electron chi connectivity index (χ2n) is 4.35. The molecule has 0 spiro atoms. The highest BCUT2D eigenvalue weighted by Crippen LogP contribution is 2.39. The van der Waals surface area contributed by atoms with Crippen molar-refractivity contribution in [3.05, 3.63) is 12.2 Å². The van der Waals surface area contributed by atoms with Crippen LogP contribution in [0.25, 0.3) is 0 Å². The lowest BCUT2D eigenvalue weighted by atomic mass is 9.71. The van der Waals surface area contributed by atoms with Gasteiger partial charge in [-0.2, -0.15) is 0 Å². The minimum atomic E-state index is 0.951. The first-order chi connectivity index (χ1) is 5.36. The maximum atomic E-state index is 2.48. The topological polar surface area (TPSA) is 0 Å². The van der Waals surface area contributed by atoms with Gasteiger partial charge < -0.3 is 0 Å². The summed E-state index contributed by atoms with van der Waals surface area (Å²) in [4.78, 5) is 0. The summed E-state index contributed by atoms with van der Waals surface area (Å²) in [6, 6.07) is 0. The van der Waals surface area contributed by atoms with Gasteiger partial charge in [0.05, 0.1) is 0 Å². The van der Waals surface area contributed by atoms with Crippen molar-refractivity contribution >= 4 is 0 Å². The third kappa shape index (κ3) is 1.50. The molecular weight excluding hydrogens is 132 g/mol. The highest BCUT2D eigenvalue weighted by atomic mass is 14.3. The fourth-order valence-corrected chi connectivity index (χ4v) is 2.66. The highest BCUT2D eigenvalue weighted by molar-refractivity contribution is 4.99. The largest absolute Gasteiger partial charge is 0.0882 e. The Hall–Kier alpha value is -0.260. The van der Waals surface area contributed by atoms with E-state index in [-0.39, 0.29) is 0 Å². The van der Waals surface area contributed by atoms with Crippen molar-refractivity contribution in [1.82, 2.24) is 0 Å². The average molecular weight is 150 g/mol. The Morgan fingerprint density at radius 2 is 2.09 bits per heavy atom. The predicted octanol–water partition coefficient (Wildman–Crippen LogP) is 3.39. The number of fused-ring (bicyclic) bond motifs is 1. The van der Waals surface area contributed by atoms with Crippen molar-refractivity contribution in [2.24, 2.45) is 17.8 Å². The molecule has 0 bridgehead atoms. The molecule has 2 aliphatic rings. The summed E-state index contributed by atoms with van der Waals surface area (Å²) in [7, 11) is 0. The van der Waals surface area contributed by atoms with Crippen LogP contribution >= 0.6 is 0 Å². The molecule has 2 unspecified atom stereocenters. The van der Waals surface area contributed by atoms with Gasteiger partial charge in [-0.3, -0.25) is 0 Å². The second kappa shape index (κ2) is 3.00. The molecule has 0 aromatic carbocycles. The summed E-state index contributed by atoms with van der Waals surface area (Å²) in [6.07, 6.45) is 12.1. The van der Waals surface area contributed by atoms with Crippen LogP contribution in [0.4, 0.5) is 0 Å². The maximum Gasteiger partial charge on any atom is -0.0202 e. The SMILES string of the molecule is C[C@H]1CCC2CCC=CC2C1. The van der Waals surface area contributed by atoms with Crippen LogP contribution in [-0.4, -0.2) is 0 Å². The van der Waals surface area contributed by atoms with Gasteiger partial charge in [0.1, 0.15) is 0 Å². The van der Waals surface area contributed by atoms with Crippen molar-refractivity contribution in [2.45, 2.75) is 39.0 Å². The van der Waals surface area contributed by atoms with E-state index in [2.05, 4.69) is 19.1 Å². The van der Waals surface area contributed by atoms with Gasteiger partial charge in [0.25, 0.3) is 0 Å². The summed E-state index contributed by atoms with van der Waals surface area (Å²) in [5.41, 5.74) is 0. The molecule has 1 fully saturated rings. The molecule has 0 aliphatic heterocycles. The summed E-state index contributed by atoms with van der Waals surface area (Å²) >= 11 is 0. The smallest absolute Gasteiger partial charge is 0.0202 e. The van der Waals surface area contributed by atoms with E-state index in [4.69, 9.17) is 0 Å². The van der Waals surface area contributed by atoms with Crippen molar-refractivity contribution in [3.63, 3.8) is 0 Å². The van der Waals surface area contributed by atoms with Gasteiger partial charge >= 0.3 is 0 Å². The van der Waals surface area contributed by atoms with Gasteiger partial charge in [-0.05, 0) is 43.4 Å². The Balaban J connectivity index is 2.03. The van der Waals surface area contributed by atoms with Crippen LogP contribution in [-0.2, 0) is 0 Å². The summed E-state index contributed by atoms with van der Waals surface area (Å²) in [5, 5.41) is 0. The van der Waals surface area contributed by atoms with Crippen LogP contribution in [0.5, 0.6) is 0 Å². The molecule has 0 radical (unpaired) electrons. The van der Waals surface area contributed by atoms with Crippen LogP contribution in [0.3, 0.4) is 0 Å². The van der Waals surface area contributed by atoms with Crippen molar-refractivity contribution in [3.8, 4) is 0 Å². The van der Waals surface area contributed by atoms with E-state index >= 15 is 0 Å². The van der Waals surface area contributed by atoms with Crippen LogP contribution in [0, 0.1) is 17.8 Å². The van der Waals surface area contributed by atoms with E-state index in [1.165, 1.54) is 32.1 Å². The lowest BCUT2D eigenvalue weighted by Crippen LogP contribution is -2.23. The molecule has 0 heteroatoms. The third-order valence-electron chi connectivity index (χ3n) is 3.40. The molecule has 3 atom stereocenters. The van der Waals surface area contributed by atoms with Crippen LogP contribution in [0.2, 0.25) is 0 Å². The normalized spacial score (nSPS) is 43.5. The molecule has 0 saturated heterocycles. The molecule has 0 nitrogen and oxygen atoms in total. The zero-order valence-corrected chi connectivity index (χ0v) is 7.42. The lowest BCUT2D eigenvalue weighted by molar-refractivity contribution is 0.210. The Morgan fingerprint density at radius 3 is 3.00 bits per heavy atom. The van der Waals surface area contributed by atoms with Gasteiger partial charge in [0.2, 0.25) is 0 Å². The summed E-state index contributed by atoms with van der Waals surface area (Å²) in [6.45, 7) is 2.40. The first-order valence-corrected chi connectivity index (χ1v) is 5.03. The first-order valence-electron chi connectivity index (χ1n) is 5.03. The fourth-order valence-electron chi connectivity index (χ4n) is 2.66. The van der Waals surface area contributed by atoms with E-state index in [0.717, 1.165) is 17.8 Å². The Kier molecular flexibility index (Phi) is 2.02. The molecule has 11 heavy (non-hydrogen) atoms. The van der Waals surface area contributed by atoms with Gasteiger partial charge in [-0.25, -0.2) is 0 Å². The van der Waals surface area contributed by atoms with E-state index in [1.54, 1.807) is 0 Å². The number of allylic oxidation sites excluding steroid dienone is 2. The fraction of sp³-hybridized carbons (Fsp3) is 0.818. The highest BCUT2D eigenvalue weighted by Gasteiger charge is 2.27. The summed E-state index contributed by atoms with van der Waals surface area (Å²) < 4.78 is 0. The Bertz CT molecular complexity index is 157. The Morgan fingerprint density at radius 1 is 1.18 bits per heavy atom. The molecule has 0 N–H and O–H groups in total. The third-order valence-corrected chi connectivity index (χ3v) is 3.40. The average Bonchev–Trinajstić information content (AvgIpc) is 2.04. The monoisotopic (exact) mass is 150 g/mol. The molecular formula is C11H18. The molecule has 1 saturated carbocycles. The lowest BCUT2D eigenvalue weighted by Gasteiger charge is -2.35. The van der Waals surface area contributed by atoms with E-state index in [0.29, 0.717) is 0 Å². The number of hydrogen-bond donors (Lipinski definition) is 0. The molecule has 2 rings (SSSR count). The van der Waals surface area contributed by atoms with Gasteiger partial charge in [0, 0.05) is 0 Å². The van der Waals surface area contributed by atoms with Crippen molar-refractivity contribution < 1.29 is 0 Å². The minimum Gasteiger partial charge on any atom is -0.0882 e. The van der Waals surface area contributed by atoms with Gasteiger partial charge in [-0.1, -0.05) is 25.5 Å². The van der Waals surface area contributed by atoms with Crippen LogP contribution < -0.4 is 0 Å². The minimum absolute atomic E-state index is 0.951. The van der Waals surface area contributed by atoms with E-state index < -0.39 is 0 Å². The first kappa shape index (κ1) is 7.39. The van der Waals surface area contributed by atoms with Crippen LogP contribution in [0.1, 0.15) is 39.0 Å². The zero-order valence-electron chi connectivity index (χ0n) is 7.42. The predicted molar refractivity (Wildman–Crippen MR) is 48.4 cm³/mol. The molecule has 62 valence electrons. The van der Waals surface area contributed by atoms with Gasteiger partial charge in [-0.15, -0.1) is 0 Å². The second-order valence-corrected chi connectivity index (χ2v) is 4.35. The maximum absolute atomic E-state index is 2.48. The van der Waals surface area contributed by atoms with Crippen molar-refractivity contribution in [1.29, 1.82) is 0 Å².